The van der Waals surface area contributed by atoms with Crippen LogP contribution in [-0.2, 0) is 0 Å². The number of piperidine rings is 1. The Morgan fingerprint density at radius 3 is 2.91 bits per heavy atom. The summed E-state index contributed by atoms with van der Waals surface area (Å²) in [6.45, 7) is 3.54. The number of amides is 1. The number of carbonyl (C=O) groups excluding carboxylic acids is 1. The maximum atomic E-state index is 13.4. The van der Waals surface area contributed by atoms with Gasteiger partial charge in [-0.1, -0.05) is 18.2 Å². The van der Waals surface area contributed by atoms with Crippen LogP contribution in [-0.4, -0.2) is 47.1 Å². The number of nitrogens with one attached hydrogen (secondary N) is 2. The van der Waals surface area contributed by atoms with Gasteiger partial charge in [-0.15, -0.1) is 0 Å². The number of rotatable bonds is 6. The SMILES string of the molecule is O=C(NCCCN1CCC(c2c[nH]c3cc(F)ccc23)CC1)Oc1cnc2ccccc2c1. The molecule has 0 atom stereocenters. The third-order valence-electron chi connectivity index (χ3n) is 6.40. The van der Waals surface area contributed by atoms with Crippen molar-refractivity contribution >= 4 is 27.9 Å². The Labute approximate surface area is 191 Å². The van der Waals surface area contributed by atoms with E-state index in [9.17, 15) is 9.18 Å². The minimum atomic E-state index is -0.457. The van der Waals surface area contributed by atoms with Crippen LogP contribution in [0.25, 0.3) is 21.8 Å². The van der Waals surface area contributed by atoms with E-state index >= 15 is 0 Å². The van der Waals surface area contributed by atoms with Crippen LogP contribution in [0.2, 0.25) is 0 Å². The molecule has 7 heteroatoms. The van der Waals surface area contributed by atoms with Crippen LogP contribution >= 0.6 is 0 Å². The molecule has 1 saturated heterocycles. The quantitative estimate of drug-likeness (QED) is 0.399. The summed E-state index contributed by atoms with van der Waals surface area (Å²) in [5.41, 5.74) is 3.02. The highest BCUT2D eigenvalue weighted by molar-refractivity contribution is 5.84. The number of para-hydroxylation sites is 1. The normalized spacial score (nSPS) is 15.2. The average molecular weight is 447 g/mol. The Kier molecular flexibility index (Phi) is 6.21. The van der Waals surface area contributed by atoms with E-state index in [0.717, 1.165) is 60.7 Å². The van der Waals surface area contributed by atoms with E-state index in [1.165, 1.54) is 11.6 Å². The van der Waals surface area contributed by atoms with Crippen LogP contribution in [0, 0.1) is 5.82 Å². The fraction of sp³-hybridized carbons (Fsp3) is 0.308. The molecule has 5 rings (SSSR count). The number of likely N-dealkylation sites (tertiary alicyclic amines) is 1. The van der Waals surface area contributed by atoms with E-state index < -0.39 is 6.09 Å². The molecule has 0 aliphatic carbocycles. The molecule has 1 aliphatic heterocycles. The molecule has 0 bridgehead atoms. The molecule has 3 heterocycles. The number of fused-ring (bicyclic) bond motifs is 2. The summed E-state index contributed by atoms with van der Waals surface area (Å²) in [7, 11) is 0. The van der Waals surface area contributed by atoms with E-state index in [1.807, 2.05) is 42.6 Å². The molecule has 1 aliphatic rings. The molecule has 2 aromatic heterocycles. The molecule has 2 aromatic carbocycles. The topological polar surface area (TPSA) is 70.2 Å². The summed E-state index contributed by atoms with van der Waals surface area (Å²) >= 11 is 0. The van der Waals surface area contributed by atoms with E-state index in [4.69, 9.17) is 4.74 Å². The number of pyridine rings is 1. The first-order chi connectivity index (χ1) is 16.2. The van der Waals surface area contributed by atoms with Gasteiger partial charge in [0.05, 0.1) is 11.7 Å². The van der Waals surface area contributed by atoms with Crippen LogP contribution in [0.3, 0.4) is 0 Å². The van der Waals surface area contributed by atoms with Gasteiger partial charge in [-0.25, -0.2) is 9.18 Å². The van der Waals surface area contributed by atoms with Gasteiger partial charge in [-0.05, 0) is 80.7 Å². The summed E-state index contributed by atoms with van der Waals surface area (Å²) in [6, 6.07) is 14.5. The van der Waals surface area contributed by atoms with Crippen molar-refractivity contribution in [2.75, 3.05) is 26.2 Å². The van der Waals surface area contributed by atoms with Gasteiger partial charge in [0.25, 0.3) is 0 Å². The number of H-pyrrole nitrogens is 1. The van der Waals surface area contributed by atoms with E-state index in [0.29, 0.717) is 18.2 Å². The molecule has 0 spiro atoms. The summed E-state index contributed by atoms with van der Waals surface area (Å²) in [5, 5.41) is 4.88. The van der Waals surface area contributed by atoms with Gasteiger partial charge < -0.3 is 19.9 Å². The zero-order chi connectivity index (χ0) is 22.6. The standard InChI is InChI=1S/C26H27FN4O2/c27-20-6-7-22-23(17-30-25(22)15-20)18-8-12-31(13-9-18)11-3-10-28-26(32)33-21-14-19-4-1-2-5-24(19)29-16-21/h1-2,4-7,14-18,30H,3,8-13H2,(H,28,32). The highest BCUT2D eigenvalue weighted by atomic mass is 19.1. The molecule has 6 nitrogen and oxygen atoms in total. The van der Waals surface area contributed by atoms with Crippen molar-refractivity contribution < 1.29 is 13.9 Å². The molecule has 2 N–H and O–H groups in total. The Morgan fingerprint density at radius 1 is 1.18 bits per heavy atom. The lowest BCUT2D eigenvalue weighted by molar-refractivity contribution is 0.194. The number of halogens is 1. The first-order valence-electron chi connectivity index (χ1n) is 11.4. The van der Waals surface area contributed by atoms with Crippen molar-refractivity contribution in [3.05, 3.63) is 72.3 Å². The van der Waals surface area contributed by atoms with Gasteiger partial charge in [0, 0.05) is 29.0 Å². The van der Waals surface area contributed by atoms with Crippen LogP contribution in [0.1, 0.15) is 30.7 Å². The first-order valence-corrected chi connectivity index (χ1v) is 11.4. The Morgan fingerprint density at radius 2 is 2.03 bits per heavy atom. The monoisotopic (exact) mass is 446 g/mol. The second-order valence-electron chi connectivity index (χ2n) is 8.58. The molecule has 4 aromatic rings. The van der Waals surface area contributed by atoms with Crippen molar-refractivity contribution in [1.29, 1.82) is 0 Å². The average Bonchev–Trinajstić information content (AvgIpc) is 3.25. The minimum Gasteiger partial charge on any atom is -0.409 e. The number of aromatic nitrogens is 2. The lowest BCUT2D eigenvalue weighted by Gasteiger charge is -2.32. The molecule has 0 unspecified atom stereocenters. The second-order valence-corrected chi connectivity index (χ2v) is 8.58. The van der Waals surface area contributed by atoms with Gasteiger partial charge in [0.2, 0.25) is 0 Å². The summed E-state index contributed by atoms with van der Waals surface area (Å²) in [5.74, 6) is 0.717. The largest absolute Gasteiger partial charge is 0.412 e. The number of aromatic amines is 1. The Balaban J connectivity index is 1.04. The van der Waals surface area contributed by atoms with E-state index in [2.05, 4.69) is 20.2 Å². The third kappa shape index (κ3) is 4.98. The number of carbonyl (C=O) groups is 1. The molecular weight excluding hydrogens is 419 g/mol. The Hall–Kier alpha value is -3.45. The van der Waals surface area contributed by atoms with Gasteiger partial charge in [0.1, 0.15) is 5.82 Å². The number of benzene rings is 2. The van der Waals surface area contributed by atoms with Gasteiger partial charge >= 0.3 is 6.09 Å². The van der Waals surface area contributed by atoms with Crippen LogP contribution in [0.5, 0.6) is 5.75 Å². The molecule has 0 saturated carbocycles. The number of ether oxygens (including phenoxy) is 1. The summed E-state index contributed by atoms with van der Waals surface area (Å²) < 4.78 is 18.8. The number of hydrogen-bond donors (Lipinski definition) is 2. The molecule has 170 valence electrons. The van der Waals surface area contributed by atoms with Gasteiger partial charge in [-0.3, -0.25) is 4.98 Å². The highest BCUT2D eigenvalue weighted by Crippen LogP contribution is 2.33. The first kappa shape index (κ1) is 21.4. The summed E-state index contributed by atoms with van der Waals surface area (Å²) in [6.07, 6.45) is 6.16. The van der Waals surface area contributed by atoms with Crippen LogP contribution < -0.4 is 10.1 Å². The lowest BCUT2D eigenvalue weighted by Crippen LogP contribution is -2.36. The van der Waals surface area contributed by atoms with Crippen molar-refractivity contribution in [3.63, 3.8) is 0 Å². The molecular formula is C26H27FN4O2. The highest BCUT2D eigenvalue weighted by Gasteiger charge is 2.22. The fourth-order valence-corrected chi connectivity index (χ4v) is 4.67. The Bertz CT molecular complexity index is 1260. The van der Waals surface area contributed by atoms with Gasteiger partial charge in [0.15, 0.2) is 5.75 Å². The van der Waals surface area contributed by atoms with Crippen molar-refractivity contribution in [3.8, 4) is 5.75 Å². The van der Waals surface area contributed by atoms with Crippen LogP contribution in [0.15, 0.2) is 60.9 Å². The van der Waals surface area contributed by atoms with Gasteiger partial charge in [-0.2, -0.15) is 0 Å². The molecule has 0 radical (unpaired) electrons. The summed E-state index contributed by atoms with van der Waals surface area (Å²) in [4.78, 5) is 22.0. The number of nitrogens with zero attached hydrogens (tertiary/aromatic N) is 2. The third-order valence-corrected chi connectivity index (χ3v) is 6.40. The molecule has 1 amide bonds. The van der Waals surface area contributed by atoms with E-state index in [1.54, 1.807) is 12.3 Å². The minimum absolute atomic E-state index is 0.211. The fourth-order valence-electron chi connectivity index (χ4n) is 4.67. The smallest absolute Gasteiger partial charge is 0.409 e. The van der Waals surface area contributed by atoms with Crippen molar-refractivity contribution in [2.24, 2.45) is 0 Å². The van der Waals surface area contributed by atoms with Crippen LogP contribution in [0.4, 0.5) is 9.18 Å². The van der Waals surface area contributed by atoms with Crippen molar-refractivity contribution in [2.45, 2.75) is 25.2 Å². The second kappa shape index (κ2) is 9.58. The predicted octanol–water partition coefficient (Wildman–Crippen LogP) is 5.21. The van der Waals surface area contributed by atoms with E-state index in [-0.39, 0.29) is 5.82 Å². The van der Waals surface area contributed by atoms with Crippen molar-refractivity contribution in [1.82, 2.24) is 20.2 Å². The lowest BCUT2D eigenvalue weighted by atomic mass is 9.89. The zero-order valence-corrected chi connectivity index (χ0v) is 18.4. The zero-order valence-electron chi connectivity index (χ0n) is 18.4. The maximum absolute atomic E-state index is 13.4. The predicted molar refractivity (Wildman–Crippen MR) is 127 cm³/mol. The maximum Gasteiger partial charge on any atom is 0.412 e. The number of hydrogen-bond acceptors (Lipinski definition) is 4. The molecule has 1 fully saturated rings. The molecule has 33 heavy (non-hydrogen) atoms.